The largest absolute Gasteiger partial charge is 1.00 e. The minimum absolute atomic E-state index is 0. The van der Waals surface area contributed by atoms with Gasteiger partial charge in [0.05, 0.1) is 6.16 Å². The molecule has 5 heteroatoms. The fraction of sp³-hybridized carbons (Fsp3) is 0.400. The Balaban J connectivity index is 0.00000432. The fourth-order valence-electron chi connectivity index (χ4n) is 4.76. The molecular formula is C30H37Cl3IP. The third kappa shape index (κ3) is 9.19. The van der Waals surface area contributed by atoms with Crippen LogP contribution in [0.5, 0.6) is 0 Å². The monoisotopic (exact) mass is 660 g/mol. The summed E-state index contributed by atoms with van der Waals surface area (Å²) in [6, 6.07) is 25.5. The van der Waals surface area contributed by atoms with Gasteiger partial charge in [-0.1, -0.05) is 93.1 Å². The summed E-state index contributed by atoms with van der Waals surface area (Å²) in [5.74, 6) is 0. The summed E-state index contributed by atoms with van der Waals surface area (Å²) in [5.41, 5.74) is 0. The smallest absolute Gasteiger partial charge is 0.112 e. The van der Waals surface area contributed by atoms with Crippen LogP contribution in [0.25, 0.3) is 0 Å². The predicted molar refractivity (Wildman–Crippen MR) is 157 cm³/mol. The van der Waals surface area contributed by atoms with E-state index in [0.29, 0.717) is 0 Å². The number of unbranched alkanes of at least 4 members (excludes halogenated alkanes) is 9. The second-order valence-electron chi connectivity index (χ2n) is 9.14. The van der Waals surface area contributed by atoms with Crippen LogP contribution in [0.4, 0.5) is 0 Å². The molecule has 0 nitrogen and oxygen atoms in total. The quantitative estimate of drug-likeness (QED) is 0.101. The highest BCUT2D eigenvalue weighted by molar-refractivity contribution is 7.95. The molecule has 0 aliphatic heterocycles. The van der Waals surface area contributed by atoms with Crippen molar-refractivity contribution in [1.29, 1.82) is 0 Å². The molecule has 3 aromatic carbocycles. The Morgan fingerprint density at radius 2 is 0.743 bits per heavy atom. The summed E-state index contributed by atoms with van der Waals surface area (Å²) in [5, 5.41) is 6.39. The summed E-state index contributed by atoms with van der Waals surface area (Å²) >= 11 is 18.9. The van der Waals surface area contributed by atoms with E-state index in [0.717, 1.165) is 21.2 Å². The van der Waals surface area contributed by atoms with Crippen LogP contribution in [-0.2, 0) is 0 Å². The van der Waals surface area contributed by atoms with Gasteiger partial charge in [0.25, 0.3) is 0 Å². The Morgan fingerprint density at radius 3 is 1.06 bits per heavy atom. The molecule has 0 atom stereocenters. The molecule has 0 bridgehead atoms. The van der Waals surface area contributed by atoms with E-state index < -0.39 is 7.26 Å². The topological polar surface area (TPSA) is 0 Å². The van der Waals surface area contributed by atoms with Crippen molar-refractivity contribution >= 4 is 58.0 Å². The summed E-state index contributed by atoms with van der Waals surface area (Å²) in [6.45, 7) is 2.28. The van der Waals surface area contributed by atoms with Gasteiger partial charge in [-0.2, -0.15) is 0 Å². The Hall–Kier alpha value is -0.310. The standard InChI is InChI=1S/C30H37Cl3P.HI/c1-2-3-4-5-6-7-8-9-10-11-24-34(28-18-12-25(31)13-19-28,29-20-14-26(32)15-21-29)30-22-16-27(33)17-23-30;/h12-23H,2-11,24H2,1H3;1H/q+1;/p-1. The third-order valence-corrected chi connectivity index (χ3v) is 11.9. The van der Waals surface area contributed by atoms with Crippen molar-refractivity contribution in [3.63, 3.8) is 0 Å². The Labute approximate surface area is 245 Å². The lowest BCUT2D eigenvalue weighted by atomic mass is 10.1. The van der Waals surface area contributed by atoms with Crippen LogP contribution < -0.4 is 39.9 Å². The van der Waals surface area contributed by atoms with Crippen molar-refractivity contribution in [2.75, 3.05) is 6.16 Å². The predicted octanol–water partition coefficient (Wildman–Crippen LogP) is 6.87. The lowest BCUT2D eigenvalue weighted by molar-refractivity contribution is -0.00000663. The fourth-order valence-corrected chi connectivity index (χ4v) is 9.48. The molecule has 0 radical (unpaired) electrons. The van der Waals surface area contributed by atoms with Crippen molar-refractivity contribution in [1.82, 2.24) is 0 Å². The number of benzene rings is 3. The van der Waals surface area contributed by atoms with Crippen LogP contribution in [0.15, 0.2) is 72.8 Å². The SMILES string of the molecule is CCCCCCCCCCCC[P+](c1ccc(Cl)cc1)(c1ccc(Cl)cc1)c1ccc(Cl)cc1.[I-]. The summed E-state index contributed by atoms with van der Waals surface area (Å²) < 4.78 is 0. The Morgan fingerprint density at radius 1 is 0.457 bits per heavy atom. The molecule has 0 heterocycles. The highest BCUT2D eigenvalue weighted by Gasteiger charge is 2.44. The van der Waals surface area contributed by atoms with Gasteiger partial charge in [0.2, 0.25) is 0 Å². The van der Waals surface area contributed by atoms with Crippen LogP contribution in [0.3, 0.4) is 0 Å². The zero-order valence-corrected chi connectivity index (χ0v) is 26.0. The van der Waals surface area contributed by atoms with Crippen LogP contribution in [0.1, 0.15) is 71.1 Å². The number of hydrogen-bond donors (Lipinski definition) is 0. The molecule has 3 rings (SSSR count). The van der Waals surface area contributed by atoms with E-state index in [1.807, 2.05) is 36.4 Å². The van der Waals surface area contributed by atoms with E-state index in [9.17, 15) is 0 Å². The molecule has 0 fully saturated rings. The van der Waals surface area contributed by atoms with Crippen molar-refractivity contribution in [3.8, 4) is 0 Å². The molecule has 190 valence electrons. The van der Waals surface area contributed by atoms with Crippen LogP contribution in [0, 0.1) is 0 Å². The minimum Gasteiger partial charge on any atom is -1.00 e. The molecule has 35 heavy (non-hydrogen) atoms. The molecule has 0 aliphatic rings. The van der Waals surface area contributed by atoms with Crippen molar-refractivity contribution in [2.24, 2.45) is 0 Å². The van der Waals surface area contributed by atoms with Gasteiger partial charge in [-0.05, 0) is 85.6 Å². The van der Waals surface area contributed by atoms with E-state index in [4.69, 9.17) is 34.8 Å². The van der Waals surface area contributed by atoms with Gasteiger partial charge in [0.15, 0.2) is 0 Å². The van der Waals surface area contributed by atoms with Crippen molar-refractivity contribution in [2.45, 2.75) is 71.1 Å². The first-order valence-electron chi connectivity index (χ1n) is 12.7. The third-order valence-electron chi connectivity index (χ3n) is 6.65. The summed E-state index contributed by atoms with van der Waals surface area (Å²) in [6.07, 6.45) is 14.5. The molecule has 0 N–H and O–H groups in total. The first-order chi connectivity index (χ1) is 16.6. The molecule has 0 saturated heterocycles. The maximum atomic E-state index is 6.29. The average Bonchev–Trinajstić information content (AvgIpc) is 2.85. The van der Waals surface area contributed by atoms with Gasteiger partial charge in [-0.15, -0.1) is 0 Å². The van der Waals surface area contributed by atoms with Gasteiger partial charge in [0.1, 0.15) is 23.2 Å². The average molecular weight is 662 g/mol. The maximum absolute atomic E-state index is 6.29. The van der Waals surface area contributed by atoms with E-state index >= 15 is 0 Å². The van der Waals surface area contributed by atoms with Crippen LogP contribution in [-0.4, -0.2) is 6.16 Å². The summed E-state index contributed by atoms with van der Waals surface area (Å²) in [4.78, 5) is 0. The second kappa shape index (κ2) is 16.5. The number of hydrogen-bond acceptors (Lipinski definition) is 0. The lowest BCUT2D eigenvalue weighted by Gasteiger charge is -2.28. The van der Waals surface area contributed by atoms with Crippen molar-refractivity contribution in [3.05, 3.63) is 87.9 Å². The van der Waals surface area contributed by atoms with E-state index in [1.54, 1.807) is 0 Å². The van der Waals surface area contributed by atoms with E-state index in [-0.39, 0.29) is 24.0 Å². The zero-order chi connectivity index (χ0) is 24.2. The van der Waals surface area contributed by atoms with Gasteiger partial charge in [-0.3, -0.25) is 0 Å². The molecule has 0 aliphatic carbocycles. The van der Waals surface area contributed by atoms with Gasteiger partial charge in [-0.25, -0.2) is 0 Å². The molecule has 0 saturated carbocycles. The first-order valence-corrected chi connectivity index (χ1v) is 15.8. The van der Waals surface area contributed by atoms with Gasteiger partial charge < -0.3 is 24.0 Å². The Kier molecular flexibility index (Phi) is 14.6. The van der Waals surface area contributed by atoms with E-state index in [2.05, 4.69) is 43.3 Å². The lowest BCUT2D eigenvalue weighted by Crippen LogP contribution is -3.00. The second-order valence-corrected chi connectivity index (χ2v) is 14.1. The van der Waals surface area contributed by atoms with Crippen LogP contribution in [0.2, 0.25) is 15.1 Å². The number of rotatable bonds is 14. The summed E-state index contributed by atoms with van der Waals surface area (Å²) in [7, 11) is -1.86. The molecule has 0 amide bonds. The van der Waals surface area contributed by atoms with Gasteiger partial charge >= 0.3 is 0 Å². The highest BCUT2D eigenvalue weighted by Crippen LogP contribution is 2.56. The van der Waals surface area contributed by atoms with E-state index in [1.165, 1.54) is 80.1 Å². The molecule has 0 aromatic heterocycles. The minimum atomic E-state index is -1.86. The zero-order valence-electron chi connectivity index (χ0n) is 20.7. The Bertz CT molecular complexity index is 861. The molecule has 0 unspecified atom stereocenters. The molecular weight excluding hydrogens is 625 g/mol. The molecule has 3 aromatic rings. The van der Waals surface area contributed by atoms with Crippen molar-refractivity contribution < 1.29 is 24.0 Å². The highest BCUT2D eigenvalue weighted by atomic mass is 127. The van der Waals surface area contributed by atoms with Crippen LogP contribution >= 0.6 is 42.1 Å². The number of halogens is 4. The maximum Gasteiger partial charge on any atom is 0.112 e. The van der Waals surface area contributed by atoms with Gasteiger partial charge in [0, 0.05) is 15.1 Å². The normalized spacial score (nSPS) is 11.3. The first kappa shape index (κ1) is 30.9. The molecule has 0 spiro atoms.